The molecule has 1 unspecified atom stereocenters. The van der Waals surface area contributed by atoms with Crippen LogP contribution in [0.5, 0.6) is 0 Å². The van der Waals surface area contributed by atoms with Gasteiger partial charge in [-0.25, -0.2) is 13.8 Å². The van der Waals surface area contributed by atoms with Crippen LogP contribution in [0.2, 0.25) is 0 Å². The first-order valence-electron chi connectivity index (χ1n) is 5.31. The van der Waals surface area contributed by atoms with Crippen LogP contribution >= 0.6 is 0 Å². The maximum Gasteiger partial charge on any atom is 0.295 e. The summed E-state index contributed by atoms with van der Waals surface area (Å²) in [5.41, 5.74) is 6.75. The fraction of sp³-hybridized carbons (Fsp3) is 0.273. The number of anilines is 1. The van der Waals surface area contributed by atoms with Gasteiger partial charge >= 0.3 is 0 Å². The van der Waals surface area contributed by atoms with Gasteiger partial charge < -0.3 is 16.0 Å². The molecule has 0 bridgehead atoms. The van der Waals surface area contributed by atoms with E-state index in [1.165, 1.54) is 6.07 Å². The lowest BCUT2D eigenvalue weighted by Gasteiger charge is -2.07. The Bertz CT molecular complexity index is 579. The van der Waals surface area contributed by atoms with Crippen LogP contribution in [0.15, 0.2) is 18.2 Å². The number of H-pyrrole nitrogens is 1. The van der Waals surface area contributed by atoms with Crippen LogP contribution in [0, 0.1) is 0 Å². The van der Waals surface area contributed by atoms with Crippen LogP contribution in [0.3, 0.4) is 0 Å². The van der Waals surface area contributed by atoms with E-state index in [-0.39, 0.29) is 11.7 Å². The van der Waals surface area contributed by atoms with Crippen molar-refractivity contribution in [3.63, 3.8) is 0 Å². The molecule has 1 aromatic heterocycles. The molecular weight excluding hydrogens is 242 g/mol. The summed E-state index contributed by atoms with van der Waals surface area (Å²) in [5.74, 6) is -0.733. The minimum Gasteiger partial charge on any atom is -0.337 e. The summed E-state index contributed by atoms with van der Waals surface area (Å²) >= 11 is 0. The van der Waals surface area contributed by atoms with E-state index < -0.39 is 12.5 Å². The highest BCUT2D eigenvalue weighted by Gasteiger charge is 2.13. The van der Waals surface area contributed by atoms with Gasteiger partial charge in [-0.2, -0.15) is 0 Å². The lowest BCUT2D eigenvalue weighted by Crippen LogP contribution is -2.32. The number of carbonyl (C=O) groups excluding carboxylic acids is 1. The maximum atomic E-state index is 12.4. The third-order valence-electron chi connectivity index (χ3n) is 2.39. The van der Waals surface area contributed by atoms with Crippen LogP contribution in [-0.4, -0.2) is 21.9 Å². The SMILES string of the molecule is CC(N)C(=O)Nc1ccc2nc(C(F)F)[nH]c2c1. The summed E-state index contributed by atoms with van der Waals surface area (Å²) in [6.45, 7) is 1.55. The van der Waals surface area contributed by atoms with Crippen LogP contribution in [-0.2, 0) is 4.79 Å². The molecule has 0 aliphatic heterocycles. The molecule has 0 spiro atoms. The second kappa shape index (κ2) is 4.69. The summed E-state index contributed by atoms with van der Waals surface area (Å²) < 4.78 is 24.9. The van der Waals surface area contributed by atoms with E-state index in [0.717, 1.165) is 0 Å². The van der Waals surface area contributed by atoms with E-state index in [0.29, 0.717) is 16.7 Å². The van der Waals surface area contributed by atoms with E-state index >= 15 is 0 Å². The molecule has 0 aliphatic rings. The van der Waals surface area contributed by atoms with E-state index in [1.54, 1.807) is 19.1 Å². The Morgan fingerprint density at radius 1 is 1.50 bits per heavy atom. The Morgan fingerprint density at radius 3 is 2.83 bits per heavy atom. The highest BCUT2D eigenvalue weighted by molar-refractivity contribution is 5.96. The molecule has 2 aromatic rings. The molecule has 4 N–H and O–H groups in total. The van der Waals surface area contributed by atoms with E-state index in [9.17, 15) is 13.6 Å². The van der Waals surface area contributed by atoms with Crippen molar-refractivity contribution in [2.45, 2.75) is 19.4 Å². The Morgan fingerprint density at radius 2 is 2.22 bits per heavy atom. The van der Waals surface area contributed by atoms with Crippen LogP contribution in [0.4, 0.5) is 14.5 Å². The number of nitrogens with two attached hydrogens (primary N) is 1. The number of rotatable bonds is 3. The summed E-state index contributed by atoms with van der Waals surface area (Å²) in [5, 5.41) is 2.57. The molecule has 0 aliphatic carbocycles. The number of benzene rings is 1. The van der Waals surface area contributed by atoms with Crippen molar-refractivity contribution in [1.82, 2.24) is 9.97 Å². The van der Waals surface area contributed by atoms with Gasteiger partial charge in [0.05, 0.1) is 17.1 Å². The lowest BCUT2D eigenvalue weighted by atomic mass is 10.2. The minimum atomic E-state index is -2.65. The number of nitrogens with one attached hydrogen (secondary N) is 2. The summed E-state index contributed by atoms with van der Waals surface area (Å²) in [6, 6.07) is 4.03. The standard InChI is InChI=1S/C11H12F2N4O/c1-5(14)11(18)15-6-2-3-7-8(4-6)17-10(16-7)9(12)13/h2-5,9H,14H2,1H3,(H,15,18)(H,16,17). The molecule has 96 valence electrons. The van der Waals surface area contributed by atoms with Crippen molar-refractivity contribution in [2.75, 3.05) is 5.32 Å². The van der Waals surface area contributed by atoms with Gasteiger partial charge in [-0.05, 0) is 25.1 Å². The van der Waals surface area contributed by atoms with Crippen molar-refractivity contribution in [2.24, 2.45) is 5.73 Å². The number of hydrogen-bond acceptors (Lipinski definition) is 3. The third-order valence-corrected chi connectivity index (χ3v) is 2.39. The van der Waals surface area contributed by atoms with Crippen LogP contribution < -0.4 is 11.1 Å². The fourth-order valence-corrected chi connectivity index (χ4v) is 1.47. The molecule has 1 amide bonds. The monoisotopic (exact) mass is 254 g/mol. The molecule has 0 fully saturated rings. The van der Waals surface area contributed by atoms with Gasteiger partial charge in [-0.3, -0.25) is 4.79 Å². The van der Waals surface area contributed by atoms with Gasteiger partial charge in [0.25, 0.3) is 6.43 Å². The first-order chi connectivity index (χ1) is 8.47. The van der Waals surface area contributed by atoms with Crippen molar-refractivity contribution < 1.29 is 13.6 Å². The average Bonchev–Trinajstić information content (AvgIpc) is 2.71. The molecular formula is C11H12F2N4O. The predicted octanol–water partition coefficient (Wildman–Crippen LogP) is 1.79. The predicted molar refractivity (Wildman–Crippen MR) is 63.3 cm³/mol. The normalized spacial score (nSPS) is 12.9. The molecule has 18 heavy (non-hydrogen) atoms. The average molecular weight is 254 g/mol. The van der Waals surface area contributed by atoms with Crippen molar-refractivity contribution in [3.05, 3.63) is 24.0 Å². The number of aromatic amines is 1. The van der Waals surface area contributed by atoms with Crippen molar-refractivity contribution in [1.29, 1.82) is 0 Å². The molecule has 5 nitrogen and oxygen atoms in total. The quantitative estimate of drug-likeness (QED) is 0.780. The smallest absolute Gasteiger partial charge is 0.295 e. The number of fused-ring (bicyclic) bond motifs is 1. The Kier molecular flexibility index (Phi) is 3.24. The van der Waals surface area contributed by atoms with Gasteiger partial charge in [-0.15, -0.1) is 0 Å². The largest absolute Gasteiger partial charge is 0.337 e. The molecule has 2 rings (SSSR count). The molecule has 0 saturated heterocycles. The number of aromatic nitrogens is 2. The Labute approximate surface area is 101 Å². The van der Waals surface area contributed by atoms with Crippen LogP contribution in [0.1, 0.15) is 19.2 Å². The topological polar surface area (TPSA) is 83.8 Å². The molecule has 1 aromatic carbocycles. The number of hydrogen-bond donors (Lipinski definition) is 3. The van der Waals surface area contributed by atoms with Crippen LogP contribution in [0.25, 0.3) is 11.0 Å². The Hall–Kier alpha value is -2.02. The zero-order valence-electron chi connectivity index (χ0n) is 9.58. The van der Waals surface area contributed by atoms with E-state index in [2.05, 4.69) is 15.3 Å². The first-order valence-corrected chi connectivity index (χ1v) is 5.31. The van der Waals surface area contributed by atoms with E-state index in [4.69, 9.17) is 5.73 Å². The summed E-state index contributed by atoms with van der Waals surface area (Å²) in [4.78, 5) is 17.6. The number of halogens is 2. The Balaban J connectivity index is 2.29. The zero-order chi connectivity index (χ0) is 13.3. The van der Waals surface area contributed by atoms with E-state index in [1.807, 2.05) is 0 Å². The summed E-state index contributed by atoms with van der Waals surface area (Å²) in [6.07, 6.45) is -2.65. The van der Waals surface area contributed by atoms with Gasteiger partial charge in [-0.1, -0.05) is 0 Å². The fourth-order valence-electron chi connectivity index (χ4n) is 1.47. The highest BCUT2D eigenvalue weighted by Crippen LogP contribution is 2.22. The van der Waals surface area contributed by atoms with Crippen molar-refractivity contribution in [3.8, 4) is 0 Å². The number of alkyl halides is 2. The molecule has 0 radical (unpaired) electrons. The maximum absolute atomic E-state index is 12.4. The number of amides is 1. The molecule has 0 saturated carbocycles. The van der Waals surface area contributed by atoms with Gasteiger partial charge in [0, 0.05) is 5.69 Å². The second-order valence-electron chi connectivity index (χ2n) is 3.93. The first kappa shape index (κ1) is 12.4. The second-order valence-corrected chi connectivity index (χ2v) is 3.93. The minimum absolute atomic E-state index is 0.344. The molecule has 1 heterocycles. The number of nitrogens with zero attached hydrogens (tertiary/aromatic N) is 1. The summed E-state index contributed by atoms with van der Waals surface area (Å²) in [7, 11) is 0. The molecule has 1 atom stereocenters. The van der Waals surface area contributed by atoms with Gasteiger partial charge in [0.15, 0.2) is 5.82 Å². The van der Waals surface area contributed by atoms with Gasteiger partial charge in [0.1, 0.15) is 0 Å². The zero-order valence-corrected chi connectivity index (χ0v) is 9.58. The number of carbonyl (C=O) groups is 1. The third kappa shape index (κ3) is 2.45. The number of imidazole rings is 1. The highest BCUT2D eigenvalue weighted by atomic mass is 19.3. The molecule has 7 heteroatoms. The van der Waals surface area contributed by atoms with Gasteiger partial charge in [0.2, 0.25) is 5.91 Å². The van der Waals surface area contributed by atoms with Crippen molar-refractivity contribution >= 4 is 22.6 Å². The lowest BCUT2D eigenvalue weighted by molar-refractivity contribution is -0.117.